The molecule has 3 saturated carbocycles. The molecule has 1 saturated heterocycles. The molecule has 4 aromatic rings. The minimum absolute atomic E-state index is 0. The molecule has 6 aliphatic rings. The third kappa shape index (κ3) is 4.34. The van der Waals surface area contributed by atoms with Crippen molar-refractivity contribution in [2.24, 2.45) is 11.8 Å². The maximum atomic E-state index is 2.81. The second-order valence-corrected chi connectivity index (χ2v) is 22.4. The van der Waals surface area contributed by atoms with Gasteiger partial charge in [-0.15, -0.1) is 0 Å². The zero-order valence-electron chi connectivity index (χ0n) is 26.3. The van der Waals surface area contributed by atoms with E-state index in [0.717, 1.165) is 28.7 Å². The van der Waals surface area contributed by atoms with Crippen LogP contribution >= 0.6 is 0 Å². The molecule has 45 heavy (non-hydrogen) atoms. The summed E-state index contributed by atoms with van der Waals surface area (Å²) in [5.41, 5.74) is 10.7. The van der Waals surface area contributed by atoms with Gasteiger partial charge in [-0.3, -0.25) is 0 Å². The Hall–Kier alpha value is -1.83. The Labute approximate surface area is 285 Å². The van der Waals surface area contributed by atoms with Crippen LogP contribution in [0.1, 0.15) is 108 Å². The second kappa shape index (κ2) is 11.7. The summed E-state index contributed by atoms with van der Waals surface area (Å²) in [6.45, 7) is 0. The monoisotopic (exact) mass is 666 g/mol. The summed E-state index contributed by atoms with van der Waals surface area (Å²) in [5, 5.41) is 5.90. The number of hydrogen-bond acceptors (Lipinski definition) is 0. The van der Waals surface area contributed by atoms with Gasteiger partial charge in [0.2, 0.25) is 0 Å². The molecule has 4 aromatic carbocycles. The molecule has 0 aromatic heterocycles. The van der Waals surface area contributed by atoms with Crippen molar-refractivity contribution in [2.45, 2.75) is 93.9 Å². The average molecular weight is 668 g/mol. The predicted octanol–water partition coefficient (Wildman–Crippen LogP) is 6.28. The van der Waals surface area contributed by atoms with Crippen molar-refractivity contribution >= 4 is 33.7 Å². The standard InChI is InChI=1S/2C18H17.C6H10.2ClH.Ti/c2*1-2-6-13(5-1)16-11-15-10-9-14-7-3-4-8-17(14)18(15)12-16;1-2-4-6-5-3-1;;;/h2*3-4,7-13H,1-2,5-6H2;1-2H,3-6H2;2*1H;/q;;;;;+2/p-2. The van der Waals surface area contributed by atoms with E-state index in [-0.39, 0.29) is 24.8 Å². The molecule has 0 nitrogen and oxygen atoms in total. The van der Waals surface area contributed by atoms with Gasteiger partial charge in [0.25, 0.3) is 0 Å². The molecule has 1 heterocycles. The van der Waals surface area contributed by atoms with Crippen LogP contribution in [0.2, 0.25) is 8.45 Å². The maximum Gasteiger partial charge on any atom is -1.00 e. The summed E-state index contributed by atoms with van der Waals surface area (Å²) in [6.07, 6.45) is 23.1. The Morgan fingerprint density at radius 3 is 1.29 bits per heavy atom. The van der Waals surface area contributed by atoms with E-state index in [1.165, 1.54) is 98.6 Å². The average Bonchev–Trinajstić information content (AvgIpc) is 3.72. The second-order valence-electron chi connectivity index (χ2n) is 15.2. The first-order valence-corrected chi connectivity index (χ1v) is 21.4. The van der Waals surface area contributed by atoms with Crippen molar-refractivity contribution < 1.29 is 41.4 Å². The largest absolute Gasteiger partial charge is 1.00 e. The molecule has 0 radical (unpaired) electrons. The summed E-state index contributed by atoms with van der Waals surface area (Å²) >= 11 is -2.63. The molecule has 0 bridgehead atoms. The Bertz CT molecular complexity index is 1700. The van der Waals surface area contributed by atoms with Crippen molar-refractivity contribution in [1.82, 2.24) is 0 Å². The van der Waals surface area contributed by atoms with Crippen LogP contribution in [-0.2, 0) is 16.6 Å². The molecule has 0 N–H and O–H groups in total. The Morgan fingerprint density at radius 1 is 0.444 bits per heavy atom. The molecule has 0 amide bonds. The SMILES string of the molecule is C1=C(C2CCCC2)[CH]([Ti+2]2([CH]3C(C4CCCC4)=Cc4c3ccc3ccccc43)[CH]3CCCC[CH]32)c2ccc3ccccc3c21.[Cl-].[Cl-]. The van der Waals surface area contributed by atoms with E-state index in [2.05, 4.69) is 84.9 Å². The van der Waals surface area contributed by atoms with E-state index < -0.39 is 16.6 Å². The van der Waals surface area contributed by atoms with Gasteiger partial charge in [-0.2, -0.15) is 0 Å². The van der Waals surface area contributed by atoms with Gasteiger partial charge in [0.1, 0.15) is 0 Å². The van der Waals surface area contributed by atoms with Gasteiger partial charge in [0.05, 0.1) is 0 Å². The molecule has 4 unspecified atom stereocenters. The van der Waals surface area contributed by atoms with E-state index >= 15 is 0 Å². The fourth-order valence-electron chi connectivity index (χ4n) is 11.9. The van der Waals surface area contributed by atoms with Gasteiger partial charge in [0, 0.05) is 0 Å². The van der Waals surface area contributed by atoms with E-state index in [1.54, 1.807) is 22.3 Å². The molecule has 0 spiro atoms. The number of rotatable bonds is 4. The maximum absolute atomic E-state index is 2.81. The van der Waals surface area contributed by atoms with E-state index in [0.29, 0.717) is 0 Å². The summed E-state index contributed by atoms with van der Waals surface area (Å²) in [6, 6.07) is 28.9. The first-order chi connectivity index (χ1) is 21.3. The van der Waals surface area contributed by atoms with Crippen molar-refractivity contribution in [1.29, 1.82) is 0 Å². The third-order valence-corrected chi connectivity index (χ3v) is 24.2. The van der Waals surface area contributed by atoms with Crippen LogP contribution in [0.3, 0.4) is 0 Å². The van der Waals surface area contributed by atoms with Crippen LogP contribution in [0.5, 0.6) is 0 Å². The van der Waals surface area contributed by atoms with E-state index in [1.807, 2.05) is 11.1 Å². The Kier molecular flexibility index (Phi) is 7.93. The topological polar surface area (TPSA) is 0 Å². The number of benzene rings is 4. The van der Waals surface area contributed by atoms with Crippen LogP contribution in [0, 0.1) is 11.8 Å². The van der Waals surface area contributed by atoms with Crippen molar-refractivity contribution in [2.75, 3.05) is 0 Å². The Balaban J connectivity index is 0.00000150. The van der Waals surface area contributed by atoms with Crippen LogP contribution in [0.25, 0.3) is 33.7 Å². The predicted molar refractivity (Wildman–Crippen MR) is 179 cm³/mol. The Morgan fingerprint density at radius 2 is 0.844 bits per heavy atom. The van der Waals surface area contributed by atoms with Gasteiger partial charge in [-0.25, -0.2) is 0 Å². The summed E-state index contributed by atoms with van der Waals surface area (Å²) < 4.78 is 3.63. The smallest absolute Gasteiger partial charge is 1.00 e. The molecule has 3 heteroatoms. The number of fused-ring (bicyclic) bond motifs is 7. The first-order valence-electron chi connectivity index (χ1n) is 17.8. The normalized spacial score (nSPS) is 28.9. The third-order valence-electron chi connectivity index (χ3n) is 13.5. The van der Waals surface area contributed by atoms with Gasteiger partial charge in [-0.1, -0.05) is 0 Å². The van der Waals surface area contributed by atoms with Gasteiger partial charge >= 0.3 is 262 Å². The zero-order chi connectivity index (χ0) is 28.1. The molecular formula is C42H44Cl2Ti. The molecular weight excluding hydrogens is 623 g/mol. The van der Waals surface area contributed by atoms with Crippen LogP contribution in [0.4, 0.5) is 0 Å². The summed E-state index contributed by atoms with van der Waals surface area (Å²) in [5.74, 6) is 1.63. The van der Waals surface area contributed by atoms with Gasteiger partial charge in [0.15, 0.2) is 0 Å². The van der Waals surface area contributed by atoms with Gasteiger partial charge in [-0.05, 0) is 0 Å². The molecule has 230 valence electrons. The summed E-state index contributed by atoms with van der Waals surface area (Å²) in [7, 11) is 0. The van der Waals surface area contributed by atoms with Crippen molar-refractivity contribution in [3.05, 3.63) is 106 Å². The number of hydrogen-bond donors (Lipinski definition) is 0. The fourth-order valence-corrected chi connectivity index (χ4v) is 26.2. The fraction of sp³-hybridized carbons (Fsp3) is 0.429. The molecule has 4 fully saturated rings. The van der Waals surface area contributed by atoms with Crippen LogP contribution in [0.15, 0.2) is 83.9 Å². The van der Waals surface area contributed by atoms with Crippen LogP contribution < -0.4 is 24.8 Å². The zero-order valence-corrected chi connectivity index (χ0v) is 29.4. The molecule has 5 aliphatic carbocycles. The molecule has 1 aliphatic heterocycles. The number of halogens is 2. The van der Waals surface area contributed by atoms with Gasteiger partial charge < -0.3 is 24.8 Å². The minimum Gasteiger partial charge on any atom is -1.00 e. The quantitative estimate of drug-likeness (QED) is 0.225. The molecule has 10 rings (SSSR count). The van der Waals surface area contributed by atoms with E-state index in [9.17, 15) is 0 Å². The van der Waals surface area contributed by atoms with Crippen molar-refractivity contribution in [3.63, 3.8) is 0 Å². The first kappa shape index (κ1) is 30.5. The van der Waals surface area contributed by atoms with Crippen molar-refractivity contribution in [3.8, 4) is 0 Å². The number of allylic oxidation sites excluding steroid dienone is 2. The minimum atomic E-state index is -2.63. The molecule has 4 atom stereocenters. The van der Waals surface area contributed by atoms with E-state index in [4.69, 9.17) is 0 Å². The summed E-state index contributed by atoms with van der Waals surface area (Å²) in [4.78, 5) is 0. The van der Waals surface area contributed by atoms with Crippen LogP contribution in [-0.4, -0.2) is 0 Å².